The summed E-state index contributed by atoms with van der Waals surface area (Å²) in [6, 6.07) is 2.30. The fourth-order valence-electron chi connectivity index (χ4n) is 3.86. The maximum Gasteiger partial charge on any atom is 0.352 e. The van der Waals surface area contributed by atoms with Crippen LogP contribution >= 0.6 is 70.1 Å². The van der Waals surface area contributed by atoms with E-state index in [9.17, 15) is 19.5 Å². The van der Waals surface area contributed by atoms with E-state index in [-0.39, 0.29) is 17.4 Å². The fraction of sp³-hybridized carbons (Fsp3) is 0.292. The number of nitrogens with zero attached hydrogens (tertiary/aromatic N) is 2. The Labute approximate surface area is 242 Å². The summed E-state index contributed by atoms with van der Waals surface area (Å²) in [4.78, 5) is 42.6. The number of aliphatic carboxylic acids is 1. The van der Waals surface area contributed by atoms with E-state index in [4.69, 9.17) is 34.8 Å². The predicted octanol–water partition coefficient (Wildman–Crippen LogP) is 5.11. The molecular formula is C24H22Cl3N3O4S3. The molecule has 2 atom stereocenters. The molecule has 0 unspecified atom stereocenters. The smallest absolute Gasteiger partial charge is 0.352 e. The molecule has 4 rings (SSSR count). The van der Waals surface area contributed by atoms with Crippen molar-refractivity contribution in [3.63, 3.8) is 0 Å². The summed E-state index contributed by atoms with van der Waals surface area (Å²) in [5, 5.41) is 13.2. The number of hydrogen-bond donors (Lipinski definition) is 2. The van der Waals surface area contributed by atoms with Crippen molar-refractivity contribution in [3.05, 3.63) is 74.4 Å². The number of allylic oxidation sites excluding steroid dienone is 1. The second kappa shape index (κ2) is 12.4. The Morgan fingerprint density at radius 3 is 2.65 bits per heavy atom. The summed E-state index contributed by atoms with van der Waals surface area (Å²) in [5.74, 6) is -1.01. The third kappa shape index (κ3) is 6.49. The zero-order chi connectivity index (χ0) is 26.7. The van der Waals surface area contributed by atoms with E-state index >= 15 is 0 Å². The monoisotopic (exact) mass is 617 g/mol. The third-order valence-electron chi connectivity index (χ3n) is 5.65. The third-order valence-corrected chi connectivity index (χ3v) is 10.3. The van der Waals surface area contributed by atoms with Gasteiger partial charge in [0.25, 0.3) is 5.91 Å². The average molecular weight is 619 g/mol. The molecule has 0 bridgehead atoms. The van der Waals surface area contributed by atoms with Crippen molar-refractivity contribution in [1.82, 2.24) is 15.1 Å². The maximum atomic E-state index is 12.9. The molecule has 0 radical (unpaired) electrons. The summed E-state index contributed by atoms with van der Waals surface area (Å²) in [7, 11) is 0. The highest BCUT2D eigenvalue weighted by Crippen LogP contribution is 2.42. The van der Waals surface area contributed by atoms with E-state index < -0.39 is 23.3 Å². The molecule has 3 aliphatic rings. The Balaban J connectivity index is 1.35. The summed E-state index contributed by atoms with van der Waals surface area (Å²) in [6.45, 7) is 5.25. The van der Waals surface area contributed by atoms with Crippen molar-refractivity contribution in [2.24, 2.45) is 0 Å². The van der Waals surface area contributed by atoms with Gasteiger partial charge in [0.1, 0.15) is 17.1 Å². The number of rotatable bonds is 10. The average Bonchev–Trinajstić information content (AvgIpc) is 2.87. The first-order valence-corrected chi connectivity index (χ1v) is 15.2. The lowest BCUT2D eigenvalue weighted by Gasteiger charge is -2.49. The van der Waals surface area contributed by atoms with Gasteiger partial charge in [0, 0.05) is 40.6 Å². The molecule has 1 saturated heterocycles. The Morgan fingerprint density at radius 1 is 1.22 bits per heavy atom. The SMILES string of the molecule is C=CCN1C=CC(SCC2=C(C(=O)O)N3C(=O)[C@H](NC(=O)CSc4cc(Cl)c(Cl)cc4Cl)[C@H]3SC2)=CC1. The van der Waals surface area contributed by atoms with Crippen LogP contribution in [0.3, 0.4) is 0 Å². The van der Waals surface area contributed by atoms with Crippen molar-refractivity contribution >= 4 is 87.9 Å². The fourth-order valence-corrected chi connectivity index (χ4v) is 7.81. The molecule has 196 valence electrons. The number of carboxylic acids is 1. The molecule has 0 aromatic heterocycles. The molecule has 13 heteroatoms. The quantitative estimate of drug-likeness (QED) is 0.162. The second-order valence-electron chi connectivity index (χ2n) is 8.15. The van der Waals surface area contributed by atoms with E-state index in [0.717, 1.165) is 18.0 Å². The lowest BCUT2D eigenvalue weighted by Crippen LogP contribution is -2.70. The van der Waals surface area contributed by atoms with Crippen LogP contribution in [0.2, 0.25) is 15.1 Å². The Bertz CT molecular complexity index is 1240. The minimum absolute atomic E-state index is 0.00915. The molecule has 3 aliphatic heterocycles. The van der Waals surface area contributed by atoms with Gasteiger partial charge in [-0.2, -0.15) is 0 Å². The highest BCUT2D eigenvalue weighted by Gasteiger charge is 2.54. The molecular weight excluding hydrogens is 597 g/mol. The van der Waals surface area contributed by atoms with Crippen molar-refractivity contribution in [2.75, 3.05) is 30.3 Å². The summed E-state index contributed by atoms with van der Waals surface area (Å²) in [6.07, 6.45) is 7.89. The van der Waals surface area contributed by atoms with Crippen LogP contribution in [-0.2, 0) is 14.4 Å². The number of hydrogen-bond acceptors (Lipinski definition) is 7. The molecule has 0 saturated carbocycles. The van der Waals surface area contributed by atoms with E-state index in [2.05, 4.69) is 22.9 Å². The summed E-state index contributed by atoms with van der Waals surface area (Å²) < 4.78 is 0. The van der Waals surface area contributed by atoms with Crippen molar-refractivity contribution in [2.45, 2.75) is 16.3 Å². The topological polar surface area (TPSA) is 90.0 Å². The minimum atomic E-state index is -1.14. The highest BCUT2D eigenvalue weighted by atomic mass is 35.5. The number of carboxylic acid groups (broad SMARTS) is 1. The number of carbonyl (C=O) groups excluding carboxylic acids is 2. The van der Waals surface area contributed by atoms with Crippen molar-refractivity contribution < 1.29 is 19.5 Å². The summed E-state index contributed by atoms with van der Waals surface area (Å²) in [5.41, 5.74) is 0.696. The first kappa shape index (κ1) is 28.3. The zero-order valence-corrected chi connectivity index (χ0v) is 24.0. The van der Waals surface area contributed by atoms with Crippen LogP contribution in [0.1, 0.15) is 0 Å². The normalized spacial score (nSPS) is 20.8. The van der Waals surface area contributed by atoms with Crippen LogP contribution < -0.4 is 5.32 Å². The van der Waals surface area contributed by atoms with Crippen LogP contribution in [0.15, 0.2) is 64.2 Å². The molecule has 1 aromatic carbocycles. The van der Waals surface area contributed by atoms with Gasteiger partial charge in [-0.1, -0.05) is 47.0 Å². The second-order valence-corrected chi connectivity index (χ2v) is 12.5. The molecule has 3 heterocycles. The first-order chi connectivity index (χ1) is 17.7. The van der Waals surface area contributed by atoms with Crippen LogP contribution in [0.25, 0.3) is 0 Å². The standard InChI is InChI=1S/C24H22Cl3N3O4S3/c1-2-5-29-6-3-14(4-7-29)35-10-13-11-37-23-20(22(32)30(23)21(13)24(33)34)28-19(31)12-36-18-9-16(26)15(25)8-17(18)27/h2-4,6,8-9,20,23H,1,5,7,10-12H2,(H,28,31)(H,33,34)/t20-,23+/m0/s1. The number of carbonyl (C=O) groups is 3. The minimum Gasteiger partial charge on any atom is -0.477 e. The van der Waals surface area contributed by atoms with Gasteiger partial charge in [-0.3, -0.25) is 14.5 Å². The van der Waals surface area contributed by atoms with Gasteiger partial charge in [0.05, 0.1) is 20.8 Å². The molecule has 1 aromatic rings. The van der Waals surface area contributed by atoms with Gasteiger partial charge < -0.3 is 15.3 Å². The molecule has 0 spiro atoms. The van der Waals surface area contributed by atoms with Crippen LogP contribution in [0.5, 0.6) is 0 Å². The number of nitrogens with one attached hydrogen (secondary N) is 1. The number of fused-ring (bicyclic) bond motifs is 1. The molecule has 2 N–H and O–H groups in total. The van der Waals surface area contributed by atoms with Crippen molar-refractivity contribution in [3.8, 4) is 0 Å². The van der Waals surface area contributed by atoms with E-state index in [0.29, 0.717) is 37.0 Å². The van der Waals surface area contributed by atoms with Crippen molar-refractivity contribution in [1.29, 1.82) is 0 Å². The number of amides is 2. The lowest BCUT2D eigenvalue weighted by atomic mass is 10.0. The first-order valence-electron chi connectivity index (χ1n) is 11.0. The van der Waals surface area contributed by atoms with Crippen LogP contribution in [0.4, 0.5) is 0 Å². The van der Waals surface area contributed by atoms with Gasteiger partial charge in [0.2, 0.25) is 5.91 Å². The molecule has 37 heavy (non-hydrogen) atoms. The number of halogens is 3. The maximum absolute atomic E-state index is 12.9. The largest absolute Gasteiger partial charge is 0.477 e. The zero-order valence-electron chi connectivity index (χ0n) is 19.3. The van der Waals surface area contributed by atoms with Gasteiger partial charge in [-0.15, -0.1) is 41.9 Å². The van der Waals surface area contributed by atoms with Gasteiger partial charge in [-0.05, 0) is 23.8 Å². The Morgan fingerprint density at radius 2 is 1.97 bits per heavy atom. The van der Waals surface area contributed by atoms with Gasteiger partial charge in [0.15, 0.2) is 0 Å². The van der Waals surface area contributed by atoms with Gasteiger partial charge >= 0.3 is 5.97 Å². The van der Waals surface area contributed by atoms with Gasteiger partial charge in [-0.25, -0.2) is 4.79 Å². The highest BCUT2D eigenvalue weighted by molar-refractivity contribution is 8.03. The Kier molecular flexibility index (Phi) is 9.53. The molecule has 2 amide bonds. The van der Waals surface area contributed by atoms with Crippen LogP contribution in [0, 0.1) is 0 Å². The van der Waals surface area contributed by atoms with E-state index in [1.54, 1.807) is 17.8 Å². The Hall–Kier alpha value is -1.69. The number of β-lactam (4-membered cyclic amide) rings is 1. The van der Waals surface area contributed by atoms with Crippen LogP contribution in [-0.4, -0.2) is 74.5 Å². The lowest BCUT2D eigenvalue weighted by molar-refractivity contribution is -0.150. The van der Waals surface area contributed by atoms with E-state index in [1.165, 1.54) is 34.5 Å². The number of thioether (sulfide) groups is 3. The molecule has 1 fully saturated rings. The van der Waals surface area contributed by atoms with E-state index in [1.807, 2.05) is 18.4 Å². The predicted molar refractivity (Wildman–Crippen MR) is 153 cm³/mol. The molecule has 0 aliphatic carbocycles. The summed E-state index contributed by atoms with van der Waals surface area (Å²) >= 11 is 22.3. The number of benzene rings is 1. The molecule has 7 nitrogen and oxygen atoms in total.